The maximum Gasteiger partial charge on any atom is 0.322 e. The van der Waals surface area contributed by atoms with Crippen molar-refractivity contribution < 1.29 is 9.53 Å². The standard InChI is InChI=1S/C27H27BrN4O3/c1-4-22(31(5-2)27(34)29-19-16-14-18(28)15-17-19)25-30-21-11-7-6-10-20(21)26(33)32(25)23-12-8-9-13-24(23)35-3/h6-17,22H,4-5H2,1-3H3,(H,29,34). The fourth-order valence-electron chi connectivity index (χ4n) is 4.20. The number of carbonyl (C=O) groups is 1. The van der Waals surface area contributed by atoms with Gasteiger partial charge in [-0.25, -0.2) is 9.78 Å². The molecular formula is C27H27BrN4O3. The van der Waals surface area contributed by atoms with Crippen LogP contribution in [0.1, 0.15) is 32.1 Å². The van der Waals surface area contributed by atoms with Gasteiger partial charge in [-0.05, 0) is 61.9 Å². The van der Waals surface area contributed by atoms with Crippen LogP contribution >= 0.6 is 15.9 Å². The molecule has 35 heavy (non-hydrogen) atoms. The van der Waals surface area contributed by atoms with Crippen molar-refractivity contribution in [3.63, 3.8) is 0 Å². The normalized spacial score (nSPS) is 11.8. The molecule has 0 aliphatic carbocycles. The molecule has 1 N–H and O–H groups in total. The van der Waals surface area contributed by atoms with Crippen LogP contribution in [0.5, 0.6) is 5.75 Å². The predicted octanol–water partition coefficient (Wildman–Crippen LogP) is 6.16. The predicted molar refractivity (Wildman–Crippen MR) is 142 cm³/mol. The van der Waals surface area contributed by atoms with E-state index in [1.165, 1.54) is 0 Å². The van der Waals surface area contributed by atoms with Gasteiger partial charge in [0.15, 0.2) is 0 Å². The Kier molecular flexibility index (Phi) is 7.51. The Labute approximate surface area is 212 Å². The Morgan fingerprint density at radius 1 is 1.06 bits per heavy atom. The van der Waals surface area contributed by atoms with Gasteiger partial charge in [-0.2, -0.15) is 0 Å². The van der Waals surface area contributed by atoms with Gasteiger partial charge in [-0.1, -0.05) is 47.1 Å². The van der Waals surface area contributed by atoms with E-state index in [4.69, 9.17) is 9.72 Å². The summed E-state index contributed by atoms with van der Waals surface area (Å²) in [6.07, 6.45) is 0.557. The second-order valence-corrected chi connectivity index (χ2v) is 8.86. The first-order chi connectivity index (χ1) is 17.0. The molecule has 1 aromatic heterocycles. The first kappa shape index (κ1) is 24.5. The van der Waals surface area contributed by atoms with Crippen LogP contribution in [0.25, 0.3) is 16.6 Å². The summed E-state index contributed by atoms with van der Waals surface area (Å²) in [4.78, 5) is 33.8. The minimum Gasteiger partial charge on any atom is -0.495 e. The number of halogens is 1. The number of para-hydroxylation sites is 3. The summed E-state index contributed by atoms with van der Waals surface area (Å²) in [5, 5.41) is 3.46. The van der Waals surface area contributed by atoms with Crippen LogP contribution in [0.3, 0.4) is 0 Å². The van der Waals surface area contributed by atoms with Crippen LogP contribution in [0.15, 0.2) is 82.1 Å². The van der Waals surface area contributed by atoms with Gasteiger partial charge in [0, 0.05) is 16.7 Å². The van der Waals surface area contributed by atoms with E-state index in [1.54, 1.807) is 28.7 Å². The Morgan fingerprint density at radius 2 is 1.74 bits per heavy atom. The summed E-state index contributed by atoms with van der Waals surface area (Å²) in [5.74, 6) is 1.03. The number of fused-ring (bicyclic) bond motifs is 1. The van der Waals surface area contributed by atoms with E-state index < -0.39 is 6.04 Å². The van der Waals surface area contributed by atoms with Crippen molar-refractivity contribution in [3.8, 4) is 11.4 Å². The number of rotatable bonds is 7. The number of nitrogens with one attached hydrogen (secondary N) is 1. The van der Waals surface area contributed by atoms with E-state index >= 15 is 0 Å². The number of urea groups is 1. The fraction of sp³-hybridized carbons (Fsp3) is 0.222. The number of ether oxygens (including phenoxy) is 1. The maximum absolute atomic E-state index is 13.8. The van der Waals surface area contributed by atoms with E-state index in [1.807, 2.05) is 74.5 Å². The smallest absolute Gasteiger partial charge is 0.322 e. The summed E-state index contributed by atoms with van der Waals surface area (Å²) < 4.78 is 8.07. The number of anilines is 1. The average molecular weight is 535 g/mol. The van der Waals surface area contributed by atoms with Crippen molar-refractivity contribution >= 4 is 38.6 Å². The molecule has 0 saturated heterocycles. The van der Waals surface area contributed by atoms with E-state index in [-0.39, 0.29) is 11.6 Å². The number of hydrogen-bond donors (Lipinski definition) is 1. The van der Waals surface area contributed by atoms with Crippen LogP contribution in [0.2, 0.25) is 0 Å². The van der Waals surface area contributed by atoms with Gasteiger partial charge in [-0.3, -0.25) is 9.36 Å². The molecule has 1 unspecified atom stereocenters. The molecule has 4 aromatic rings. The lowest BCUT2D eigenvalue weighted by molar-refractivity contribution is 0.185. The number of nitrogens with zero attached hydrogens (tertiary/aromatic N) is 3. The number of aromatic nitrogens is 2. The Morgan fingerprint density at radius 3 is 2.43 bits per heavy atom. The third-order valence-electron chi connectivity index (χ3n) is 5.89. The molecule has 0 bridgehead atoms. The molecule has 8 heteroatoms. The van der Waals surface area contributed by atoms with Crippen LogP contribution in [-0.2, 0) is 0 Å². The summed E-state index contributed by atoms with van der Waals surface area (Å²) in [5.41, 5.74) is 1.63. The Balaban J connectivity index is 1.87. The molecular weight excluding hydrogens is 508 g/mol. The zero-order valence-electron chi connectivity index (χ0n) is 19.9. The number of methoxy groups -OCH3 is 1. The second-order valence-electron chi connectivity index (χ2n) is 7.95. The summed E-state index contributed by atoms with van der Waals surface area (Å²) in [6, 6.07) is 21.2. The van der Waals surface area contributed by atoms with Gasteiger partial charge < -0.3 is 15.0 Å². The molecule has 0 saturated carbocycles. The van der Waals surface area contributed by atoms with Crippen LogP contribution in [0, 0.1) is 0 Å². The number of amides is 2. The van der Waals surface area contributed by atoms with E-state index in [2.05, 4.69) is 21.2 Å². The van der Waals surface area contributed by atoms with Gasteiger partial charge >= 0.3 is 6.03 Å². The van der Waals surface area contributed by atoms with Crippen LogP contribution < -0.4 is 15.6 Å². The lowest BCUT2D eigenvalue weighted by Gasteiger charge is -2.31. The van der Waals surface area contributed by atoms with Crippen molar-refractivity contribution in [1.82, 2.24) is 14.5 Å². The monoisotopic (exact) mass is 534 g/mol. The van der Waals surface area contributed by atoms with E-state index in [9.17, 15) is 9.59 Å². The van der Waals surface area contributed by atoms with Gasteiger partial charge in [0.05, 0.1) is 29.7 Å². The van der Waals surface area contributed by atoms with Crippen molar-refractivity contribution in [3.05, 3.63) is 93.4 Å². The minimum absolute atomic E-state index is 0.210. The van der Waals surface area contributed by atoms with Crippen molar-refractivity contribution in [2.24, 2.45) is 0 Å². The zero-order valence-corrected chi connectivity index (χ0v) is 21.5. The highest BCUT2D eigenvalue weighted by Crippen LogP contribution is 2.30. The molecule has 3 aromatic carbocycles. The SMILES string of the molecule is CCC(c1nc2ccccc2c(=O)n1-c1ccccc1OC)N(CC)C(=O)Nc1ccc(Br)cc1. The van der Waals surface area contributed by atoms with E-state index in [0.717, 1.165) is 4.47 Å². The van der Waals surface area contributed by atoms with Gasteiger partial charge in [0.25, 0.3) is 5.56 Å². The first-order valence-electron chi connectivity index (χ1n) is 11.5. The highest BCUT2D eigenvalue weighted by atomic mass is 79.9. The summed E-state index contributed by atoms with van der Waals surface area (Å²) >= 11 is 3.41. The molecule has 0 radical (unpaired) electrons. The lowest BCUT2D eigenvalue weighted by Crippen LogP contribution is -2.40. The van der Waals surface area contributed by atoms with Gasteiger partial charge in [0.1, 0.15) is 11.6 Å². The minimum atomic E-state index is -0.460. The maximum atomic E-state index is 13.8. The molecule has 1 heterocycles. The largest absolute Gasteiger partial charge is 0.495 e. The molecule has 4 rings (SSSR count). The highest BCUT2D eigenvalue weighted by Gasteiger charge is 2.29. The molecule has 0 aliphatic rings. The molecule has 2 amide bonds. The van der Waals surface area contributed by atoms with Gasteiger partial charge in [-0.15, -0.1) is 0 Å². The zero-order chi connectivity index (χ0) is 24.9. The lowest BCUT2D eigenvalue weighted by atomic mass is 10.1. The quantitative estimate of drug-likeness (QED) is 0.308. The van der Waals surface area contributed by atoms with Crippen molar-refractivity contribution in [2.75, 3.05) is 19.0 Å². The van der Waals surface area contributed by atoms with Crippen molar-refractivity contribution in [1.29, 1.82) is 0 Å². The Hall–Kier alpha value is -3.65. The molecule has 180 valence electrons. The molecule has 0 fully saturated rings. The molecule has 7 nitrogen and oxygen atoms in total. The Bertz CT molecular complexity index is 1400. The summed E-state index contributed by atoms with van der Waals surface area (Å²) in [7, 11) is 1.57. The van der Waals surface area contributed by atoms with E-state index in [0.29, 0.717) is 46.8 Å². The van der Waals surface area contributed by atoms with Crippen LogP contribution in [0.4, 0.5) is 10.5 Å². The second kappa shape index (κ2) is 10.7. The average Bonchev–Trinajstić information content (AvgIpc) is 2.88. The van der Waals surface area contributed by atoms with Gasteiger partial charge in [0.2, 0.25) is 0 Å². The van der Waals surface area contributed by atoms with Crippen LogP contribution in [-0.4, -0.2) is 34.1 Å². The molecule has 0 aliphatic heterocycles. The number of hydrogen-bond acceptors (Lipinski definition) is 4. The van der Waals surface area contributed by atoms with Crippen molar-refractivity contribution in [2.45, 2.75) is 26.3 Å². The topological polar surface area (TPSA) is 76.5 Å². The third kappa shape index (κ3) is 4.93. The third-order valence-corrected chi connectivity index (χ3v) is 6.41. The fourth-order valence-corrected chi connectivity index (χ4v) is 4.46. The number of benzene rings is 3. The first-order valence-corrected chi connectivity index (χ1v) is 12.3. The number of carbonyl (C=O) groups excluding carboxylic acids is 1. The summed E-state index contributed by atoms with van der Waals surface area (Å²) in [6.45, 7) is 4.32. The molecule has 1 atom stereocenters. The molecule has 0 spiro atoms. The highest BCUT2D eigenvalue weighted by molar-refractivity contribution is 9.10.